The van der Waals surface area contributed by atoms with Crippen LogP contribution >= 0.6 is 0 Å². The van der Waals surface area contributed by atoms with Gasteiger partial charge >= 0.3 is 0 Å². The maximum atomic E-state index is 2.38. The molecule has 82 valence electrons. The zero-order chi connectivity index (χ0) is 11.1. The standard InChI is InChI=1S/C11H19N.C2H6/c1-5-10-7-9(3)12(4)11(6-2)8-10;1-2/h7-8,11H,5-6H2,1-4H3;1-2H3. The first-order chi connectivity index (χ1) is 6.69. The fourth-order valence-electron chi connectivity index (χ4n) is 1.65. The van der Waals surface area contributed by atoms with Gasteiger partial charge < -0.3 is 4.90 Å². The molecule has 0 N–H and O–H groups in total. The lowest BCUT2D eigenvalue weighted by Gasteiger charge is -2.31. The van der Waals surface area contributed by atoms with Crippen molar-refractivity contribution in [3.8, 4) is 0 Å². The fourth-order valence-corrected chi connectivity index (χ4v) is 1.65. The fraction of sp³-hybridized carbons (Fsp3) is 0.692. The average Bonchev–Trinajstić information content (AvgIpc) is 2.24. The molecule has 1 heteroatoms. The molecule has 1 aliphatic heterocycles. The third-order valence-electron chi connectivity index (χ3n) is 2.68. The monoisotopic (exact) mass is 195 g/mol. The minimum Gasteiger partial charge on any atom is -0.372 e. The third kappa shape index (κ3) is 3.21. The smallest absolute Gasteiger partial charge is 0.0469 e. The van der Waals surface area contributed by atoms with E-state index in [2.05, 4.69) is 44.9 Å². The van der Waals surface area contributed by atoms with Crippen LogP contribution in [0, 0.1) is 0 Å². The number of rotatable bonds is 2. The predicted molar refractivity (Wildman–Crippen MR) is 65.3 cm³/mol. The summed E-state index contributed by atoms with van der Waals surface area (Å²) in [6, 6.07) is 0.616. The summed E-state index contributed by atoms with van der Waals surface area (Å²) in [4.78, 5) is 2.35. The Morgan fingerprint density at radius 2 is 1.86 bits per heavy atom. The van der Waals surface area contributed by atoms with Crippen LogP contribution in [-0.2, 0) is 0 Å². The second-order valence-corrected chi connectivity index (χ2v) is 3.47. The van der Waals surface area contributed by atoms with Crippen LogP contribution in [0.4, 0.5) is 0 Å². The molecular weight excluding hydrogens is 170 g/mol. The van der Waals surface area contributed by atoms with Gasteiger partial charge in [-0.1, -0.05) is 33.8 Å². The highest BCUT2D eigenvalue weighted by Gasteiger charge is 2.14. The van der Waals surface area contributed by atoms with Crippen molar-refractivity contribution in [1.82, 2.24) is 4.90 Å². The SMILES string of the molecule is CC.CCC1=CC(CC)N(C)C(C)=C1. The van der Waals surface area contributed by atoms with Crippen molar-refractivity contribution in [2.45, 2.75) is 53.5 Å². The quantitative estimate of drug-likeness (QED) is 0.644. The summed E-state index contributed by atoms with van der Waals surface area (Å²) in [6.45, 7) is 10.6. The Balaban J connectivity index is 0.000000791. The molecule has 14 heavy (non-hydrogen) atoms. The summed E-state index contributed by atoms with van der Waals surface area (Å²) in [6.07, 6.45) is 7.02. The second-order valence-electron chi connectivity index (χ2n) is 3.47. The van der Waals surface area contributed by atoms with Gasteiger partial charge in [-0.25, -0.2) is 0 Å². The molecule has 1 atom stereocenters. The molecule has 0 saturated carbocycles. The van der Waals surface area contributed by atoms with Crippen molar-refractivity contribution < 1.29 is 0 Å². The average molecular weight is 195 g/mol. The van der Waals surface area contributed by atoms with Gasteiger partial charge in [-0.15, -0.1) is 0 Å². The summed E-state index contributed by atoms with van der Waals surface area (Å²) >= 11 is 0. The van der Waals surface area contributed by atoms with Gasteiger partial charge in [0.15, 0.2) is 0 Å². The van der Waals surface area contributed by atoms with E-state index in [0.29, 0.717) is 6.04 Å². The topological polar surface area (TPSA) is 3.24 Å². The van der Waals surface area contributed by atoms with Crippen LogP contribution in [0.3, 0.4) is 0 Å². The van der Waals surface area contributed by atoms with Crippen molar-refractivity contribution in [3.63, 3.8) is 0 Å². The minimum atomic E-state index is 0.616. The summed E-state index contributed by atoms with van der Waals surface area (Å²) in [7, 11) is 2.17. The Kier molecular flexibility index (Phi) is 6.35. The van der Waals surface area contributed by atoms with E-state index < -0.39 is 0 Å². The largest absolute Gasteiger partial charge is 0.372 e. The second kappa shape index (κ2) is 6.69. The summed E-state index contributed by atoms with van der Waals surface area (Å²) < 4.78 is 0. The van der Waals surface area contributed by atoms with Crippen LogP contribution in [0.2, 0.25) is 0 Å². The first kappa shape index (κ1) is 13.3. The third-order valence-corrected chi connectivity index (χ3v) is 2.68. The zero-order valence-corrected chi connectivity index (χ0v) is 10.6. The Hall–Kier alpha value is -0.720. The highest BCUT2D eigenvalue weighted by atomic mass is 15.1. The van der Waals surface area contributed by atoms with Gasteiger partial charge in [0, 0.05) is 18.8 Å². The van der Waals surface area contributed by atoms with Crippen molar-refractivity contribution in [1.29, 1.82) is 0 Å². The first-order valence-electron chi connectivity index (χ1n) is 5.80. The van der Waals surface area contributed by atoms with E-state index in [0.717, 1.165) is 6.42 Å². The number of nitrogens with zero attached hydrogens (tertiary/aromatic N) is 1. The van der Waals surface area contributed by atoms with Gasteiger partial charge in [0.25, 0.3) is 0 Å². The van der Waals surface area contributed by atoms with E-state index in [9.17, 15) is 0 Å². The molecule has 1 rings (SSSR count). The molecule has 0 spiro atoms. The van der Waals surface area contributed by atoms with Gasteiger partial charge in [0.05, 0.1) is 0 Å². The molecule has 1 heterocycles. The Labute approximate surface area is 89.5 Å². The van der Waals surface area contributed by atoms with E-state index in [1.165, 1.54) is 17.7 Å². The minimum absolute atomic E-state index is 0.616. The van der Waals surface area contributed by atoms with E-state index in [1.807, 2.05) is 13.8 Å². The van der Waals surface area contributed by atoms with Crippen LogP contribution in [-0.4, -0.2) is 18.0 Å². The molecule has 1 unspecified atom stereocenters. The van der Waals surface area contributed by atoms with E-state index in [4.69, 9.17) is 0 Å². The van der Waals surface area contributed by atoms with Gasteiger partial charge in [-0.2, -0.15) is 0 Å². The lowest BCUT2D eigenvalue weighted by Crippen LogP contribution is -2.30. The van der Waals surface area contributed by atoms with E-state index in [-0.39, 0.29) is 0 Å². The lowest BCUT2D eigenvalue weighted by atomic mass is 10.0. The van der Waals surface area contributed by atoms with Crippen molar-refractivity contribution in [2.75, 3.05) is 7.05 Å². The van der Waals surface area contributed by atoms with Crippen LogP contribution in [0.1, 0.15) is 47.5 Å². The van der Waals surface area contributed by atoms with E-state index in [1.54, 1.807) is 0 Å². The summed E-state index contributed by atoms with van der Waals surface area (Å²) in [5.74, 6) is 0. The molecule has 0 bridgehead atoms. The Morgan fingerprint density at radius 3 is 2.29 bits per heavy atom. The summed E-state index contributed by atoms with van der Waals surface area (Å²) in [5.41, 5.74) is 2.87. The zero-order valence-electron chi connectivity index (χ0n) is 10.6. The van der Waals surface area contributed by atoms with Gasteiger partial charge in [-0.05, 0) is 31.4 Å². The maximum Gasteiger partial charge on any atom is 0.0469 e. The van der Waals surface area contributed by atoms with Crippen molar-refractivity contribution in [3.05, 3.63) is 23.4 Å². The van der Waals surface area contributed by atoms with Crippen LogP contribution in [0.15, 0.2) is 23.4 Å². The van der Waals surface area contributed by atoms with Gasteiger partial charge in [0.1, 0.15) is 0 Å². The van der Waals surface area contributed by atoms with Crippen LogP contribution in [0.25, 0.3) is 0 Å². The van der Waals surface area contributed by atoms with Gasteiger partial charge in [0.2, 0.25) is 0 Å². The number of allylic oxidation sites excluding steroid dienone is 3. The Morgan fingerprint density at radius 1 is 1.29 bits per heavy atom. The van der Waals surface area contributed by atoms with E-state index >= 15 is 0 Å². The molecule has 0 fully saturated rings. The molecule has 1 aliphatic rings. The molecule has 0 aliphatic carbocycles. The molecule has 0 aromatic rings. The predicted octanol–water partition coefficient (Wildman–Crippen LogP) is 3.98. The molecule has 0 aromatic heterocycles. The highest BCUT2D eigenvalue weighted by molar-refractivity contribution is 5.28. The van der Waals surface area contributed by atoms with Crippen LogP contribution < -0.4 is 0 Å². The molecular formula is C13H25N. The molecule has 1 nitrogen and oxygen atoms in total. The highest BCUT2D eigenvalue weighted by Crippen LogP contribution is 2.21. The first-order valence-corrected chi connectivity index (χ1v) is 5.80. The van der Waals surface area contributed by atoms with Crippen molar-refractivity contribution >= 4 is 0 Å². The molecule has 0 saturated heterocycles. The van der Waals surface area contributed by atoms with Gasteiger partial charge in [-0.3, -0.25) is 0 Å². The van der Waals surface area contributed by atoms with Crippen LogP contribution in [0.5, 0.6) is 0 Å². The molecule has 0 aromatic carbocycles. The lowest BCUT2D eigenvalue weighted by molar-refractivity contribution is 0.338. The number of hydrogen-bond donors (Lipinski definition) is 0. The summed E-state index contributed by atoms with van der Waals surface area (Å²) in [5, 5.41) is 0. The maximum absolute atomic E-state index is 2.38. The Bertz CT molecular complexity index is 213. The molecule has 0 radical (unpaired) electrons. The number of hydrogen-bond acceptors (Lipinski definition) is 1. The van der Waals surface area contributed by atoms with Crippen molar-refractivity contribution in [2.24, 2.45) is 0 Å². The molecule has 0 amide bonds. The number of likely N-dealkylation sites (N-methyl/N-ethyl adjacent to an activating group) is 1. The normalized spacial score (nSPS) is 20.7.